The molecule has 0 spiro atoms. The summed E-state index contributed by atoms with van der Waals surface area (Å²) in [4.78, 5) is 0. The molecule has 0 radical (unpaired) electrons. The Kier molecular flexibility index (Phi) is 5.94. The van der Waals surface area contributed by atoms with E-state index in [1.165, 1.54) is 6.07 Å². The van der Waals surface area contributed by atoms with Crippen molar-refractivity contribution in [2.24, 2.45) is 0 Å². The van der Waals surface area contributed by atoms with Crippen molar-refractivity contribution < 1.29 is 13.9 Å². The zero-order valence-corrected chi connectivity index (χ0v) is 10.6. The van der Waals surface area contributed by atoms with E-state index in [1.54, 1.807) is 13.2 Å². The molecule has 4 heteroatoms. The number of rotatable bonds is 7. The molecule has 1 rings (SSSR count). The van der Waals surface area contributed by atoms with Crippen molar-refractivity contribution in [1.82, 2.24) is 5.32 Å². The molecule has 0 amide bonds. The molecule has 0 aromatic heterocycles. The fourth-order valence-corrected chi connectivity index (χ4v) is 1.55. The molecule has 0 saturated carbocycles. The number of benzene rings is 1. The average Bonchev–Trinajstić information content (AvgIpc) is 2.30. The smallest absolute Gasteiger partial charge is 0.165 e. The van der Waals surface area contributed by atoms with E-state index in [4.69, 9.17) is 9.47 Å². The summed E-state index contributed by atoms with van der Waals surface area (Å²) in [6, 6.07) is 4.96. The summed E-state index contributed by atoms with van der Waals surface area (Å²) in [6.45, 7) is 5.74. The lowest BCUT2D eigenvalue weighted by molar-refractivity contribution is 0.0885. The van der Waals surface area contributed by atoms with Crippen LogP contribution in [0, 0.1) is 5.82 Å². The van der Waals surface area contributed by atoms with Crippen LogP contribution in [0.15, 0.2) is 18.2 Å². The molecular formula is C13H20FNO2. The third-order valence-electron chi connectivity index (χ3n) is 2.33. The van der Waals surface area contributed by atoms with Crippen molar-refractivity contribution in [1.29, 1.82) is 0 Å². The first-order valence-electron chi connectivity index (χ1n) is 5.82. The Morgan fingerprint density at radius 1 is 1.41 bits per heavy atom. The second-order valence-corrected chi connectivity index (χ2v) is 3.89. The number of ether oxygens (including phenoxy) is 2. The Bertz CT molecular complexity index is 344. The molecule has 0 bridgehead atoms. The highest BCUT2D eigenvalue weighted by Crippen LogP contribution is 2.23. The first-order chi connectivity index (χ1) is 8.19. The lowest BCUT2D eigenvalue weighted by Crippen LogP contribution is -2.21. The fourth-order valence-electron chi connectivity index (χ4n) is 1.55. The van der Waals surface area contributed by atoms with Gasteiger partial charge in [-0.05, 0) is 19.5 Å². The van der Waals surface area contributed by atoms with Crippen molar-refractivity contribution in [2.45, 2.75) is 26.5 Å². The number of methoxy groups -OCH3 is 1. The molecule has 17 heavy (non-hydrogen) atoms. The Labute approximate surface area is 102 Å². The average molecular weight is 241 g/mol. The van der Waals surface area contributed by atoms with Gasteiger partial charge in [-0.15, -0.1) is 0 Å². The molecule has 0 heterocycles. The molecule has 1 N–H and O–H groups in total. The summed E-state index contributed by atoms with van der Waals surface area (Å²) >= 11 is 0. The predicted molar refractivity (Wildman–Crippen MR) is 65.7 cm³/mol. The maximum absolute atomic E-state index is 13.7. The van der Waals surface area contributed by atoms with Crippen LogP contribution in [-0.2, 0) is 11.3 Å². The molecule has 1 unspecified atom stereocenters. The largest absolute Gasteiger partial charge is 0.485 e. The highest BCUT2D eigenvalue weighted by Gasteiger charge is 2.12. The van der Waals surface area contributed by atoms with Gasteiger partial charge in [-0.25, -0.2) is 4.39 Å². The third-order valence-corrected chi connectivity index (χ3v) is 2.33. The van der Waals surface area contributed by atoms with Gasteiger partial charge in [-0.2, -0.15) is 0 Å². The lowest BCUT2D eigenvalue weighted by Gasteiger charge is -2.17. The lowest BCUT2D eigenvalue weighted by atomic mass is 10.2. The number of nitrogens with one attached hydrogen (secondary N) is 1. The topological polar surface area (TPSA) is 30.5 Å². The van der Waals surface area contributed by atoms with Gasteiger partial charge in [0.15, 0.2) is 11.6 Å². The molecule has 0 aliphatic heterocycles. The normalized spacial score (nSPS) is 12.5. The number of hydrogen-bond acceptors (Lipinski definition) is 3. The van der Waals surface area contributed by atoms with E-state index in [9.17, 15) is 4.39 Å². The first kappa shape index (κ1) is 13.9. The molecule has 0 saturated heterocycles. The van der Waals surface area contributed by atoms with Crippen LogP contribution in [0.2, 0.25) is 0 Å². The fraction of sp³-hybridized carbons (Fsp3) is 0.538. The minimum Gasteiger partial charge on any atom is -0.485 e. The molecule has 3 nitrogen and oxygen atoms in total. The van der Waals surface area contributed by atoms with E-state index in [-0.39, 0.29) is 11.9 Å². The molecular weight excluding hydrogens is 221 g/mol. The highest BCUT2D eigenvalue weighted by atomic mass is 19.1. The van der Waals surface area contributed by atoms with E-state index in [1.807, 2.05) is 19.9 Å². The van der Waals surface area contributed by atoms with Gasteiger partial charge in [0.1, 0.15) is 6.10 Å². The van der Waals surface area contributed by atoms with E-state index in [0.717, 1.165) is 12.1 Å². The molecule has 96 valence electrons. The number of para-hydroxylation sites is 1. The van der Waals surface area contributed by atoms with Gasteiger partial charge >= 0.3 is 0 Å². The number of halogens is 1. The maximum atomic E-state index is 13.7. The molecule has 0 aliphatic rings. The summed E-state index contributed by atoms with van der Waals surface area (Å²) < 4.78 is 24.2. The van der Waals surface area contributed by atoms with Gasteiger partial charge in [0, 0.05) is 19.2 Å². The van der Waals surface area contributed by atoms with Crippen LogP contribution in [0.5, 0.6) is 5.75 Å². The highest BCUT2D eigenvalue weighted by molar-refractivity contribution is 5.35. The monoisotopic (exact) mass is 241 g/mol. The zero-order chi connectivity index (χ0) is 12.7. The van der Waals surface area contributed by atoms with Crippen LogP contribution in [0.3, 0.4) is 0 Å². The van der Waals surface area contributed by atoms with Crippen LogP contribution in [0.1, 0.15) is 19.4 Å². The third kappa shape index (κ3) is 4.32. The van der Waals surface area contributed by atoms with Crippen molar-refractivity contribution in [2.75, 3.05) is 20.3 Å². The molecule has 1 aromatic carbocycles. The van der Waals surface area contributed by atoms with Crippen LogP contribution >= 0.6 is 0 Å². The van der Waals surface area contributed by atoms with Gasteiger partial charge in [0.05, 0.1) is 6.61 Å². The second-order valence-electron chi connectivity index (χ2n) is 3.89. The summed E-state index contributed by atoms with van der Waals surface area (Å²) in [6.07, 6.45) is -0.169. The van der Waals surface area contributed by atoms with E-state index < -0.39 is 0 Å². The van der Waals surface area contributed by atoms with Gasteiger partial charge in [-0.3, -0.25) is 0 Å². The van der Waals surface area contributed by atoms with Gasteiger partial charge < -0.3 is 14.8 Å². The van der Waals surface area contributed by atoms with E-state index >= 15 is 0 Å². The predicted octanol–water partition coefficient (Wildman–Crippen LogP) is 2.35. The zero-order valence-electron chi connectivity index (χ0n) is 10.6. The maximum Gasteiger partial charge on any atom is 0.165 e. The standard InChI is InChI=1S/C13H20FNO2/c1-4-15-8-11-6-5-7-12(14)13(11)17-10(2)9-16-3/h5-7,10,15H,4,8-9H2,1-3H3. The Morgan fingerprint density at radius 3 is 2.82 bits per heavy atom. The summed E-state index contributed by atoms with van der Waals surface area (Å²) in [7, 11) is 1.60. The summed E-state index contributed by atoms with van der Waals surface area (Å²) in [5.74, 6) is -0.0126. The molecule has 1 atom stereocenters. The first-order valence-corrected chi connectivity index (χ1v) is 5.82. The van der Waals surface area contributed by atoms with Gasteiger partial charge in [0.25, 0.3) is 0 Å². The molecule has 1 aromatic rings. The summed E-state index contributed by atoms with van der Waals surface area (Å²) in [5.41, 5.74) is 0.829. The van der Waals surface area contributed by atoms with Crippen molar-refractivity contribution >= 4 is 0 Å². The Hall–Kier alpha value is -1.13. The van der Waals surface area contributed by atoms with E-state index in [2.05, 4.69) is 5.32 Å². The second kappa shape index (κ2) is 7.25. The minimum absolute atomic E-state index is 0.169. The Morgan fingerprint density at radius 2 is 2.18 bits per heavy atom. The molecule has 0 fully saturated rings. The van der Waals surface area contributed by atoms with E-state index in [0.29, 0.717) is 18.9 Å². The van der Waals surface area contributed by atoms with Crippen LogP contribution in [0.25, 0.3) is 0 Å². The van der Waals surface area contributed by atoms with Crippen molar-refractivity contribution in [3.8, 4) is 5.75 Å². The van der Waals surface area contributed by atoms with Crippen molar-refractivity contribution in [3.63, 3.8) is 0 Å². The van der Waals surface area contributed by atoms with Crippen LogP contribution < -0.4 is 10.1 Å². The quantitative estimate of drug-likeness (QED) is 0.795. The summed E-state index contributed by atoms with van der Waals surface area (Å²) in [5, 5.41) is 3.16. The molecule has 0 aliphatic carbocycles. The van der Waals surface area contributed by atoms with Crippen LogP contribution in [-0.4, -0.2) is 26.4 Å². The van der Waals surface area contributed by atoms with Crippen LogP contribution in [0.4, 0.5) is 4.39 Å². The SMILES string of the molecule is CCNCc1cccc(F)c1OC(C)COC. The number of hydrogen-bond donors (Lipinski definition) is 1. The minimum atomic E-state index is -0.330. The van der Waals surface area contributed by atoms with Gasteiger partial charge in [0.2, 0.25) is 0 Å². The Balaban J connectivity index is 2.79. The van der Waals surface area contributed by atoms with Gasteiger partial charge in [-0.1, -0.05) is 19.1 Å². The van der Waals surface area contributed by atoms with Crippen molar-refractivity contribution in [3.05, 3.63) is 29.6 Å².